The van der Waals surface area contributed by atoms with E-state index in [0.717, 1.165) is 11.3 Å². The molecule has 0 aliphatic rings. The van der Waals surface area contributed by atoms with E-state index in [1.165, 1.54) is 5.56 Å². The quantitative estimate of drug-likeness (QED) is 0.774. The van der Waals surface area contributed by atoms with Crippen LogP contribution in [-0.2, 0) is 11.3 Å². The average Bonchev–Trinajstić information content (AvgIpc) is 2.39. The van der Waals surface area contributed by atoms with Crippen LogP contribution >= 0.6 is 0 Å². The molecule has 0 saturated carbocycles. The molecule has 0 bridgehead atoms. The summed E-state index contributed by atoms with van der Waals surface area (Å²) in [6, 6.07) is 13.7. The molecule has 1 aromatic carbocycles. The molecule has 0 aliphatic carbocycles. The van der Waals surface area contributed by atoms with Crippen LogP contribution in [-0.4, -0.2) is 11.1 Å². The molecular formula is C16H16ClNO2. The molecule has 1 heterocycles. The van der Waals surface area contributed by atoms with E-state index in [-0.39, 0.29) is 19.0 Å². The molecule has 1 aromatic heterocycles. The van der Waals surface area contributed by atoms with Crippen molar-refractivity contribution in [1.82, 2.24) is 0 Å². The van der Waals surface area contributed by atoms with Crippen LogP contribution in [0.3, 0.4) is 0 Å². The molecule has 104 valence electrons. The van der Waals surface area contributed by atoms with Gasteiger partial charge in [0.15, 0.2) is 6.20 Å². The summed E-state index contributed by atoms with van der Waals surface area (Å²) in [6.45, 7) is 2.02. The Morgan fingerprint density at radius 3 is 2.55 bits per heavy atom. The van der Waals surface area contributed by atoms with Crippen LogP contribution < -0.4 is 17.0 Å². The number of aryl methyl sites for hydroxylation is 1. The molecule has 0 atom stereocenters. The van der Waals surface area contributed by atoms with Crippen LogP contribution in [0, 0.1) is 6.92 Å². The lowest BCUT2D eigenvalue weighted by molar-refractivity contribution is -0.687. The van der Waals surface area contributed by atoms with Crippen LogP contribution in [0.5, 0.6) is 0 Å². The van der Waals surface area contributed by atoms with E-state index in [9.17, 15) is 4.79 Å². The minimum atomic E-state index is -0.846. The van der Waals surface area contributed by atoms with E-state index in [4.69, 9.17) is 5.11 Å². The van der Waals surface area contributed by atoms with Crippen molar-refractivity contribution in [2.45, 2.75) is 13.5 Å². The third kappa shape index (κ3) is 4.21. The van der Waals surface area contributed by atoms with Crippen LogP contribution in [0.15, 0.2) is 48.7 Å². The molecule has 2 aromatic rings. The van der Waals surface area contributed by atoms with Gasteiger partial charge in [0, 0.05) is 18.2 Å². The predicted octanol–water partition coefficient (Wildman–Crippen LogP) is -0.458. The number of rotatable bonds is 4. The van der Waals surface area contributed by atoms with Gasteiger partial charge < -0.3 is 17.5 Å². The fourth-order valence-corrected chi connectivity index (χ4v) is 1.88. The minimum Gasteiger partial charge on any atom is -1.00 e. The second-order valence-corrected chi connectivity index (χ2v) is 4.34. The summed E-state index contributed by atoms with van der Waals surface area (Å²) in [4.78, 5) is 10.8. The molecule has 3 nitrogen and oxygen atoms in total. The van der Waals surface area contributed by atoms with Crippen molar-refractivity contribution in [3.05, 3.63) is 65.5 Å². The van der Waals surface area contributed by atoms with E-state index >= 15 is 0 Å². The topological polar surface area (TPSA) is 41.2 Å². The first-order valence-corrected chi connectivity index (χ1v) is 6.11. The Balaban J connectivity index is 0.00000200. The number of hydrogen-bond donors (Lipinski definition) is 1. The Morgan fingerprint density at radius 1 is 1.15 bits per heavy atom. The summed E-state index contributed by atoms with van der Waals surface area (Å²) in [6.07, 6.45) is 5.71. The number of benzene rings is 1. The highest BCUT2D eigenvalue weighted by Gasteiger charge is 2.10. The number of carboxylic acids is 1. The Hall–Kier alpha value is -2.13. The zero-order valence-corrected chi connectivity index (χ0v) is 11.9. The highest BCUT2D eigenvalue weighted by molar-refractivity contribution is 5.69. The van der Waals surface area contributed by atoms with Crippen molar-refractivity contribution >= 4 is 18.1 Å². The van der Waals surface area contributed by atoms with Crippen LogP contribution in [0.4, 0.5) is 0 Å². The summed E-state index contributed by atoms with van der Waals surface area (Å²) in [5.74, 6) is -0.846. The van der Waals surface area contributed by atoms with Crippen molar-refractivity contribution in [1.29, 1.82) is 0 Å². The molecule has 0 amide bonds. The zero-order chi connectivity index (χ0) is 13.7. The average molecular weight is 290 g/mol. The molecule has 20 heavy (non-hydrogen) atoms. The molecule has 0 spiro atoms. The number of halogens is 1. The molecule has 1 N–H and O–H groups in total. The van der Waals surface area contributed by atoms with Crippen LogP contribution in [0.25, 0.3) is 12.2 Å². The Bertz CT molecular complexity index is 623. The summed E-state index contributed by atoms with van der Waals surface area (Å²) in [5, 5.41) is 8.88. The highest BCUT2D eigenvalue weighted by atomic mass is 35.5. The molecule has 4 heteroatoms. The minimum absolute atomic E-state index is 0. The number of carbonyl (C=O) groups is 1. The van der Waals surface area contributed by atoms with Gasteiger partial charge in [0.1, 0.15) is 0 Å². The van der Waals surface area contributed by atoms with Gasteiger partial charge in [-0.2, -0.15) is 4.57 Å². The number of hydrogen-bond acceptors (Lipinski definition) is 1. The monoisotopic (exact) mass is 289 g/mol. The number of carboxylic acid groups (broad SMARTS) is 1. The number of aliphatic carboxylic acids is 1. The van der Waals surface area contributed by atoms with Crippen molar-refractivity contribution in [2.75, 3.05) is 0 Å². The number of nitrogens with zero attached hydrogens (tertiary/aromatic N) is 1. The second-order valence-electron chi connectivity index (χ2n) is 4.34. The van der Waals surface area contributed by atoms with Crippen LogP contribution in [0.2, 0.25) is 0 Å². The molecule has 2 rings (SSSR count). The van der Waals surface area contributed by atoms with Crippen molar-refractivity contribution < 1.29 is 26.9 Å². The molecule has 0 aliphatic heterocycles. The van der Waals surface area contributed by atoms with E-state index < -0.39 is 5.97 Å². The molecule has 0 fully saturated rings. The molecule has 0 unspecified atom stereocenters. The van der Waals surface area contributed by atoms with Gasteiger partial charge in [0.25, 0.3) is 0 Å². The van der Waals surface area contributed by atoms with Gasteiger partial charge in [-0.3, -0.25) is 0 Å². The normalized spacial score (nSPS) is 10.2. The maximum absolute atomic E-state index is 10.8. The van der Waals surface area contributed by atoms with Crippen molar-refractivity contribution in [3.63, 3.8) is 0 Å². The Kier molecular flexibility index (Phi) is 5.94. The first kappa shape index (κ1) is 15.9. The van der Waals surface area contributed by atoms with Gasteiger partial charge in [-0.1, -0.05) is 24.3 Å². The second kappa shape index (κ2) is 7.46. The number of pyridine rings is 1. The third-order valence-corrected chi connectivity index (χ3v) is 2.90. The predicted molar refractivity (Wildman–Crippen MR) is 74.4 cm³/mol. The first-order valence-electron chi connectivity index (χ1n) is 6.11. The van der Waals surface area contributed by atoms with Gasteiger partial charge in [-0.15, -0.1) is 0 Å². The van der Waals surface area contributed by atoms with Gasteiger partial charge in [0.2, 0.25) is 12.2 Å². The maximum Gasteiger partial charge on any atom is 0.370 e. The van der Waals surface area contributed by atoms with Gasteiger partial charge in [-0.25, -0.2) is 4.79 Å². The Morgan fingerprint density at radius 2 is 1.85 bits per heavy atom. The third-order valence-electron chi connectivity index (χ3n) is 2.90. The molecule has 0 saturated heterocycles. The largest absolute Gasteiger partial charge is 1.00 e. The SMILES string of the molecule is Cc1ccccc1/C=C/c1cccc[n+]1CC(=O)O.[Cl-]. The smallest absolute Gasteiger partial charge is 0.370 e. The standard InChI is InChI=1S/C16H15NO2.ClH/c1-13-6-2-3-7-14(13)9-10-15-8-4-5-11-17(15)12-16(18)19;/h2-11H,12H2,1H3;1H/b10-9+;. The molecular weight excluding hydrogens is 274 g/mol. The summed E-state index contributed by atoms with van der Waals surface area (Å²) in [7, 11) is 0. The maximum atomic E-state index is 10.8. The lowest BCUT2D eigenvalue weighted by Crippen LogP contribution is -3.00. The van der Waals surface area contributed by atoms with Gasteiger partial charge >= 0.3 is 5.97 Å². The van der Waals surface area contributed by atoms with Gasteiger partial charge in [0.05, 0.1) is 0 Å². The number of aromatic nitrogens is 1. The zero-order valence-electron chi connectivity index (χ0n) is 11.2. The van der Waals surface area contributed by atoms with E-state index in [0.29, 0.717) is 0 Å². The van der Waals surface area contributed by atoms with Crippen molar-refractivity contribution in [3.8, 4) is 0 Å². The van der Waals surface area contributed by atoms with Crippen LogP contribution in [0.1, 0.15) is 16.8 Å². The highest BCUT2D eigenvalue weighted by Crippen LogP contribution is 2.10. The Labute approximate surface area is 124 Å². The first-order chi connectivity index (χ1) is 9.16. The fraction of sp³-hybridized carbons (Fsp3) is 0.125. The summed E-state index contributed by atoms with van der Waals surface area (Å²) < 4.78 is 1.71. The van der Waals surface area contributed by atoms with E-state index in [2.05, 4.69) is 13.0 Å². The summed E-state index contributed by atoms with van der Waals surface area (Å²) >= 11 is 0. The molecule has 0 radical (unpaired) electrons. The van der Waals surface area contributed by atoms with E-state index in [1.54, 1.807) is 10.8 Å². The lowest BCUT2D eigenvalue weighted by Gasteiger charge is -1.99. The lowest BCUT2D eigenvalue weighted by atomic mass is 10.1. The van der Waals surface area contributed by atoms with Gasteiger partial charge in [-0.05, 0) is 30.2 Å². The van der Waals surface area contributed by atoms with Crippen molar-refractivity contribution in [2.24, 2.45) is 0 Å². The summed E-state index contributed by atoms with van der Waals surface area (Å²) in [5.41, 5.74) is 3.20. The fourth-order valence-electron chi connectivity index (χ4n) is 1.88. The van der Waals surface area contributed by atoms with E-state index in [1.807, 2.05) is 48.6 Å².